The van der Waals surface area contributed by atoms with Gasteiger partial charge < -0.3 is 10.0 Å². The van der Waals surface area contributed by atoms with Gasteiger partial charge in [-0.05, 0) is 13.0 Å². The van der Waals surface area contributed by atoms with Crippen LogP contribution in [0.3, 0.4) is 0 Å². The van der Waals surface area contributed by atoms with Crippen molar-refractivity contribution in [2.45, 2.75) is 6.92 Å². The maximum Gasteiger partial charge on any atom is 0.254 e. The van der Waals surface area contributed by atoms with E-state index >= 15 is 0 Å². The van der Waals surface area contributed by atoms with Gasteiger partial charge in [0.25, 0.3) is 5.91 Å². The first kappa shape index (κ1) is 12.5. The monoisotopic (exact) mass is 248 g/mol. The van der Waals surface area contributed by atoms with Gasteiger partial charge in [0.2, 0.25) is 0 Å². The van der Waals surface area contributed by atoms with Gasteiger partial charge in [0, 0.05) is 26.3 Å². The summed E-state index contributed by atoms with van der Waals surface area (Å²) < 4.78 is 1.64. The molecule has 2 rings (SSSR count). The summed E-state index contributed by atoms with van der Waals surface area (Å²) in [5.74, 6) is -0.132. The van der Waals surface area contributed by atoms with Crippen molar-refractivity contribution in [3.8, 4) is 0 Å². The molecular weight excluding hydrogens is 232 g/mol. The zero-order valence-electron chi connectivity index (χ0n) is 10.7. The normalized spacial score (nSPS) is 10.9. The largest absolute Gasteiger partial charge is 0.395 e. The van der Waals surface area contributed by atoms with Crippen molar-refractivity contribution >= 4 is 16.9 Å². The lowest BCUT2D eigenvalue weighted by Gasteiger charge is -2.16. The summed E-state index contributed by atoms with van der Waals surface area (Å²) in [5, 5.41) is 13.7. The standard InChI is InChI=1S/C12H16N4O2/c1-8-6-9(12(18)15(2)4-5-17)10-7-13-16(3)11(10)14-8/h6-7,17H,4-5H2,1-3H3. The fraction of sp³-hybridized carbons (Fsp3) is 0.417. The molecule has 0 radical (unpaired) electrons. The van der Waals surface area contributed by atoms with Crippen LogP contribution in [0.4, 0.5) is 0 Å². The number of likely N-dealkylation sites (N-methyl/N-ethyl adjacent to an activating group) is 1. The molecule has 6 heteroatoms. The molecule has 0 bridgehead atoms. The van der Waals surface area contributed by atoms with Crippen molar-refractivity contribution in [2.75, 3.05) is 20.2 Å². The molecule has 0 aliphatic heterocycles. The van der Waals surface area contributed by atoms with Crippen LogP contribution in [0, 0.1) is 6.92 Å². The van der Waals surface area contributed by atoms with E-state index in [-0.39, 0.29) is 12.5 Å². The molecular formula is C12H16N4O2. The molecule has 96 valence electrons. The molecule has 0 aliphatic rings. The van der Waals surface area contributed by atoms with Crippen molar-refractivity contribution in [2.24, 2.45) is 7.05 Å². The van der Waals surface area contributed by atoms with E-state index in [2.05, 4.69) is 10.1 Å². The van der Waals surface area contributed by atoms with Gasteiger partial charge in [0.05, 0.1) is 23.8 Å². The maximum atomic E-state index is 12.3. The Labute approximate surface area is 105 Å². The third kappa shape index (κ3) is 2.06. The number of pyridine rings is 1. The highest BCUT2D eigenvalue weighted by atomic mass is 16.3. The highest BCUT2D eigenvalue weighted by Crippen LogP contribution is 2.18. The smallest absolute Gasteiger partial charge is 0.254 e. The fourth-order valence-electron chi connectivity index (χ4n) is 1.87. The molecule has 0 saturated carbocycles. The topological polar surface area (TPSA) is 71.2 Å². The van der Waals surface area contributed by atoms with E-state index in [4.69, 9.17) is 5.11 Å². The van der Waals surface area contributed by atoms with Crippen LogP contribution in [0.1, 0.15) is 16.1 Å². The van der Waals surface area contributed by atoms with Crippen LogP contribution in [-0.4, -0.2) is 50.9 Å². The molecule has 6 nitrogen and oxygen atoms in total. The van der Waals surface area contributed by atoms with Gasteiger partial charge in [-0.25, -0.2) is 4.98 Å². The van der Waals surface area contributed by atoms with E-state index in [1.807, 2.05) is 6.92 Å². The van der Waals surface area contributed by atoms with Gasteiger partial charge in [-0.3, -0.25) is 9.48 Å². The maximum absolute atomic E-state index is 12.3. The Morgan fingerprint density at radius 3 is 2.94 bits per heavy atom. The predicted molar refractivity (Wildman–Crippen MR) is 67.3 cm³/mol. The van der Waals surface area contributed by atoms with E-state index in [1.54, 1.807) is 31.0 Å². The van der Waals surface area contributed by atoms with Gasteiger partial charge in [0.15, 0.2) is 5.65 Å². The van der Waals surface area contributed by atoms with Crippen molar-refractivity contribution in [3.05, 3.63) is 23.5 Å². The number of fused-ring (bicyclic) bond motifs is 1. The molecule has 0 fully saturated rings. The lowest BCUT2D eigenvalue weighted by Crippen LogP contribution is -2.29. The number of aliphatic hydroxyl groups is 1. The summed E-state index contributed by atoms with van der Waals surface area (Å²) in [6, 6.07) is 1.75. The summed E-state index contributed by atoms with van der Waals surface area (Å²) in [5.41, 5.74) is 2.03. The molecule has 0 aliphatic carbocycles. The number of hydrogen-bond acceptors (Lipinski definition) is 4. The van der Waals surface area contributed by atoms with Crippen LogP contribution in [0.15, 0.2) is 12.3 Å². The first-order valence-electron chi connectivity index (χ1n) is 5.70. The van der Waals surface area contributed by atoms with Gasteiger partial charge in [-0.15, -0.1) is 0 Å². The van der Waals surface area contributed by atoms with Crippen molar-refractivity contribution in [3.63, 3.8) is 0 Å². The van der Waals surface area contributed by atoms with Gasteiger partial charge in [-0.2, -0.15) is 5.10 Å². The second kappa shape index (κ2) is 4.73. The lowest BCUT2D eigenvalue weighted by molar-refractivity contribution is 0.0768. The van der Waals surface area contributed by atoms with Gasteiger partial charge in [-0.1, -0.05) is 0 Å². The minimum atomic E-state index is -0.132. The first-order valence-corrected chi connectivity index (χ1v) is 5.70. The van der Waals surface area contributed by atoms with Gasteiger partial charge in [0.1, 0.15) is 0 Å². The zero-order valence-corrected chi connectivity index (χ0v) is 10.7. The Balaban J connectivity index is 2.53. The predicted octanol–water partition coefficient (Wildman–Crippen LogP) is 0.341. The zero-order chi connectivity index (χ0) is 13.3. The molecule has 0 aromatic carbocycles. The molecule has 2 aromatic heterocycles. The number of aliphatic hydroxyl groups excluding tert-OH is 1. The molecule has 18 heavy (non-hydrogen) atoms. The number of aryl methyl sites for hydroxylation is 2. The second-order valence-corrected chi connectivity index (χ2v) is 4.27. The van der Waals surface area contributed by atoms with Crippen LogP contribution in [0.5, 0.6) is 0 Å². The van der Waals surface area contributed by atoms with Crippen LogP contribution < -0.4 is 0 Å². The highest BCUT2D eigenvalue weighted by Gasteiger charge is 2.17. The van der Waals surface area contributed by atoms with E-state index in [0.29, 0.717) is 17.8 Å². The molecule has 1 amide bonds. The molecule has 0 saturated heterocycles. The Bertz CT molecular complexity index is 591. The molecule has 0 atom stereocenters. The number of aromatic nitrogens is 3. The van der Waals surface area contributed by atoms with Crippen LogP contribution >= 0.6 is 0 Å². The Hall–Kier alpha value is -1.95. The van der Waals surface area contributed by atoms with E-state index < -0.39 is 0 Å². The summed E-state index contributed by atoms with van der Waals surface area (Å²) in [6.45, 7) is 2.10. The van der Waals surface area contributed by atoms with Crippen LogP contribution in [0.2, 0.25) is 0 Å². The van der Waals surface area contributed by atoms with Crippen molar-refractivity contribution < 1.29 is 9.90 Å². The average molecular weight is 248 g/mol. The summed E-state index contributed by atoms with van der Waals surface area (Å²) in [6.07, 6.45) is 1.64. The Morgan fingerprint density at radius 2 is 2.28 bits per heavy atom. The van der Waals surface area contributed by atoms with E-state index in [9.17, 15) is 4.79 Å². The number of rotatable bonds is 3. The van der Waals surface area contributed by atoms with Crippen LogP contribution in [0.25, 0.3) is 11.0 Å². The number of hydrogen-bond donors (Lipinski definition) is 1. The van der Waals surface area contributed by atoms with Crippen LogP contribution in [-0.2, 0) is 7.05 Å². The first-order chi connectivity index (χ1) is 8.54. The minimum absolute atomic E-state index is 0.0531. The minimum Gasteiger partial charge on any atom is -0.395 e. The third-order valence-corrected chi connectivity index (χ3v) is 2.85. The SMILES string of the molecule is Cc1cc(C(=O)N(C)CCO)c2cnn(C)c2n1. The van der Waals surface area contributed by atoms with Crippen molar-refractivity contribution in [1.29, 1.82) is 0 Å². The summed E-state index contributed by atoms with van der Waals surface area (Å²) >= 11 is 0. The summed E-state index contributed by atoms with van der Waals surface area (Å²) in [7, 11) is 3.46. The van der Waals surface area contributed by atoms with Crippen molar-refractivity contribution in [1.82, 2.24) is 19.7 Å². The lowest BCUT2D eigenvalue weighted by atomic mass is 10.1. The Morgan fingerprint density at radius 1 is 1.56 bits per heavy atom. The Kier molecular flexibility index (Phi) is 3.29. The highest BCUT2D eigenvalue weighted by molar-refractivity contribution is 6.05. The van der Waals surface area contributed by atoms with Gasteiger partial charge >= 0.3 is 0 Å². The third-order valence-electron chi connectivity index (χ3n) is 2.85. The summed E-state index contributed by atoms with van der Waals surface area (Å²) in [4.78, 5) is 18.1. The number of nitrogens with zero attached hydrogens (tertiary/aromatic N) is 4. The van der Waals surface area contributed by atoms with E-state index in [0.717, 1.165) is 11.1 Å². The average Bonchev–Trinajstić information content (AvgIpc) is 2.70. The number of carbonyl (C=O) groups is 1. The molecule has 2 heterocycles. The number of carbonyl (C=O) groups excluding carboxylic acids is 1. The quantitative estimate of drug-likeness (QED) is 0.850. The fourth-order valence-corrected chi connectivity index (χ4v) is 1.87. The number of amides is 1. The molecule has 0 unspecified atom stereocenters. The second-order valence-electron chi connectivity index (χ2n) is 4.27. The molecule has 0 spiro atoms. The van der Waals surface area contributed by atoms with E-state index in [1.165, 1.54) is 4.90 Å². The molecule has 2 aromatic rings. The molecule has 1 N–H and O–H groups in total.